The molecule has 1 aromatic heterocycles. The summed E-state index contributed by atoms with van der Waals surface area (Å²) in [6.07, 6.45) is 3.71. The third-order valence-electron chi connectivity index (χ3n) is 6.00. The maximum Gasteiger partial charge on any atom is 0.323 e. The quantitative estimate of drug-likeness (QED) is 0.862. The highest BCUT2D eigenvalue weighted by Gasteiger charge is 2.55. The van der Waals surface area contributed by atoms with Gasteiger partial charge < -0.3 is 10.0 Å². The van der Waals surface area contributed by atoms with Crippen LogP contribution >= 0.6 is 0 Å². The van der Waals surface area contributed by atoms with Gasteiger partial charge >= 0.3 is 5.97 Å². The molecule has 6 nitrogen and oxygen atoms in total. The zero-order chi connectivity index (χ0) is 20.5. The number of aromatic nitrogens is 1. The molecule has 3 atom stereocenters. The minimum absolute atomic E-state index is 0.0473. The zero-order valence-corrected chi connectivity index (χ0v) is 16.8. The fraction of sp³-hybridized carbons (Fsp3) is 0.409. The average Bonchev–Trinajstić information content (AvgIpc) is 2.95. The first-order valence-corrected chi connectivity index (χ1v) is 9.41. The number of amides is 1. The monoisotopic (exact) mass is 381 g/mol. The summed E-state index contributed by atoms with van der Waals surface area (Å²) >= 11 is 0. The van der Waals surface area contributed by atoms with Crippen molar-refractivity contribution in [3.05, 3.63) is 65.5 Å². The number of benzene rings is 1. The molecule has 148 valence electrons. The Balaban J connectivity index is 1.95. The summed E-state index contributed by atoms with van der Waals surface area (Å²) in [5.41, 5.74) is 1.91. The van der Waals surface area contributed by atoms with Crippen molar-refractivity contribution < 1.29 is 14.7 Å². The summed E-state index contributed by atoms with van der Waals surface area (Å²) in [5.74, 6) is -1.39. The van der Waals surface area contributed by atoms with Gasteiger partial charge in [0.05, 0.1) is 5.92 Å². The molecule has 1 fully saturated rings. The molecule has 0 bridgehead atoms. The Kier molecular flexibility index (Phi) is 5.52. The van der Waals surface area contributed by atoms with Gasteiger partial charge in [0.2, 0.25) is 5.91 Å². The number of hydrogen-bond donors (Lipinski definition) is 1. The molecule has 1 amide bonds. The average molecular weight is 381 g/mol. The van der Waals surface area contributed by atoms with Gasteiger partial charge in [0, 0.05) is 32.0 Å². The first-order chi connectivity index (χ1) is 13.3. The first kappa shape index (κ1) is 20.0. The lowest BCUT2D eigenvalue weighted by atomic mass is 9.87. The van der Waals surface area contributed by atoms with Gasteiger partial charge in [0.25, 0.3) is 0 Å². The zero-order valence-electron chi connectivity index (χ0n) is 16.8. The van der Waals surface area contributed by atoms with Crippen LogP contribution < -0.4 is 0 Å². The number of carboxylic acid groups (broad SMARTS) is 1. The van der Waals surface area contributed by atoms with E-state index in [1.165, 1.54) is 0 Å². The van der Waals surface area contributed by atoms with Crippen molar-refractivity contribution in [1.82, 2.24) is 14.8 Å². The van der Waals surface area contributed by atoms with E-state index in [2.05, 4.69) is 4.98 Å². The van der Waals surface area contributed by atoms with Crippen molar-refractivity contribution in [1.29, 1.82) is 0 Å². The molecule has 0 spiro atoms. The molecule has 1 aliphatic rings. The fourth-order valence-corrected chi connectivity index (χ4v) is 4.19. The van der Waals surface area contributed by atoms with Crippen molar-refractivity contribution in [2.45, 2.75) is 38.4 Å². The van der Waals surface area contributed by atoms with E-state index < -0.39 is 17.4 Å². The number of aryl methyl sites for hydroxylation is 1. The van der Waals surface area contributed by atoms with Crippen molar-refractivity contribution in [3.8, 4) is 0 Å². The van der Waals surface area contributed by atoms with Gasteiger partial charge in [0.15, 0.2) is 0 Å². The van der Waals surface area contributed by atoms with Crippen LogP contribution in [0.3, 0.4) is 0 Å². The first-order valence-electron chi connectivity index (χ1n) is 9.41. The number of hydrogen-bond acceptors (Lipinski definition) is 4. The summed E-state index contributed by atoms with van der Waals surface area (Å²) in [4.78, 5) is 33.1. The number of rotatable bonds is 5. The molecule has 2 aromatic rings. The Labute approximate surface area is 165 Å². The standard InChI is InChI=1S/C22H27N3O3/c1-15-8-5-6-10-17(15)19-18(12-22(2,21(27)28)25(19)4)20(26)24(3)14-16-9-7-11-23-13-16/h5-11,13,18-19H,12,14H2,1-4H3,(H,27,28)/t18-,19-,22-/m0/s1. The number of likely N-dealkylation sites (tertiary alicyclic amines) is 1. The normalized spacial score (nSPS) is 24.9. The van der Waals surface area contributed by atoms with Crippen LogP contribution in [0.25, 0.3) is 0 Å². The van der Waals surface area contributed by atoms with Crippen molar-refractivity contribution in [2.24, 2.45) is 5.92 Å². The van der Waals surface area contributed by atoms with Crippen LogP contribution in [-0.4, -0.2) is 51.4 Å². The van der Waals surface area contributed by atoms with Gasteiger partial charge in [-0.25, -0.2) is 0 Å². The number of nitrogens with zero attached hydrogens (tertiary/aromatic N) is 3. The number of carbonyl (C=O) groups is 2. The second kappa shape index (κ2) is 7.72. The van der Waals surface area contributed by atoms with Crippen molar-refractivity contribution >= 4 is 11.9 Å². The highest BCUT2D eigenvalue weighted by Crippen LogP contribution is 2.47. The van der Waals surface area contributed by atoms with E-state index in [1.807, 2.05) is 48.2 Å². The number of carbonyl (C=O) groups excluding carboxylic acids is 1. The molecule has 3 rings (SSSR count). The Morgan fingerprint density at radius 3 is 2.61 bits per heavy atom. The molecule has 0 unspecified atom stereocenters. The Bertz CT molecular complexity index is 870. The largest absolute Gasteiger partial charge is 0.480 e. The molecule has 0 saturated carbocycles. The van der Waals surface area contributed by atoms with Gasteiger partial charge in [-0.05, 0) is 50.1 Å². The molecule has 0 radical (unpaired) electrons. The number of pyridine rings is 1. The van der Waals surface area contributed by atoms with E-state index >= 15 is 0 Å². The minimum Gasteiger partial charge on any atom is -0.480 e. The lowest BCUT2D eigenvalue weighted by Gasteiger charge is -2.33. The molecule has 6 heteroatoms. The maximum atomic E-state index is 13.4. The third kappa shape index (κ3) is 3.52. The number of carboxylic acids is 1. The van der Waals surface area contributed by atoms with E-state index in [0.717, 1.165) is 16.7 Å². The molecule has 1 saturated heterocycles. The van der Waals surface area contributed by atoms with E-state index in [0.29, 0.717) is 6.54 Å². The minimum atomic E-state index is -1.09. The predicted molar refractivity (Wildman–Crippen MR) is 107 cm³/mol. The van der Waals surface area contributed by atoms with Gasteiger partial charge in [0.1, 0.15) is 5.54 Å². The van der Waals surface area contributed by atoms with Crippen LogP contribution in [0, 0.1) is 12.8 Å². The number of likely N-dealkylation sites (N-methyl/N-ethyl adjacent to an activating group) is 1. The summed E-state index contributed by atoms with van der Waals surface area (Å²) in [6.45, 7) is 4.15. The molecule has 28 heavy (non-hydrogen) atoms. The topological polar surface area (TPSA) is 73.7 Å². The molecular formula is C22H27N3O3. The van der Waals surface area contributed by atoms with Crippen LogP contribution in [0.5, 0.6) is 0 Å². The van der Waals surface area contributed by atoms with Crippen LogP contribution in [0.2, 0.25) is 0 Å². The SMILES string of the molecule is Cc1ccccc1[C@H]1[C@@H](C(=O)N(C)Cc2cccnc2)C[C@@](C)(C(=O)O)N1C. The van der Waals surface area contributed by atoms with Crippen LogP contribution in [-0.2, 0) is 16.1 Å². The molecule has 2 heterocycles. The highest BCUT2D eigenvalue weighted by atomic mass is 16.4. The summed E-state index contributed by atoms with van der Waals surface area (Å²) < 4.78 is 0. The van der Waals surface area contributed by atoms with E-state index in [4.69, 9.17) is 0 Å². The molecule has 0 aliphatic carbocycles. The summed E-state index contributed by atoms with van der Waals surface area (Å²) in [6, 6.07) is 11.4. The van der Waals surface area contributed by atoms with Gasteiger partial charge in [-0.1, -0.05) is 30.3 Å². The van der Waals surface area contributed by atoms with Crippen LogP contribution in [0.4, 0.5) is 0 Å². The Hall–Kier alpha value is -2.73. The molecule has 1 N–H and O–H groups in total. The van der Waals surface area contributed by atoms with E-state index in [1.54, 1.807) is 38.3 Å². The van der Waals surface area contributed by atoms with Crippen LogP contribution in [0.1, 0.15) is 36.1 Å². The van der Waals surface area contributed by atoms with Crippen molar-refractivity contribution in [2.75, 3.05) is 14.1 Å². The lowest BCUT2D eigenvalue weighted by molar-refractivity contribution is -0.148. The summed E-state index contributed by atoms with van der Waals surface area (Å²) in [5, 5.41) is 9.88. The Morgan fingerprint density at radius 2 is 2.00 bits per heavy atom. The van der Waals surface area contributed by atoms with E-state index in [-0.39, 0.29) is 18.4 Å². The summed E-state index contributed by atoms with van der Waals surface area (Å²) in [7, 11) is 3.57. The second-order valence-electron chi connectivity index (χ2n) is 7.86. The van der Waals surface area contributed by atoms with Crippen molar-refractivity contribution in [3.63, 3.8) is 0 Å². The van der Waals surface area contributed by atoms with Crippen LogP contribution in [0.15, 0.2) is 48.8 Å². The van der Waals surface area contributed by atoms with Gasteiger partial charge in [-0.2, -0.15) is 0 Å². The lowest BCUT2D eigenvalue weighted by Crippen LogP contribution is -2.46. The second-order valence-corrected chi connectivity index (χ2v) is 7.86. The smallest absolute Gasteiger partial charge is 0.323 e. The third-order valence-corrected chi connectivity index (χ3v) is 6.00. The maximum absolute atomic E-state index is 13.4. The van der Waals surface area contributed by atoms with E-state index in [9.17, 15) is 14.7 Å². The highest BCUT2D eigenvalue weighted by molar-refractivity contribution is 5.85. The molecular weight excluding hydrogens is 354 g/mol. The molecule has 1 aromatic carbocycles. The van der Waals surface area contributed by atoms with Gasteiger partial charge in [-0.15, -0.1) is 0 Å². The Morgan fingerprint density at radius 1 is 1.29 bits per heavy atom. The molecule has 1 aliphatic heterocycles. The predicted octanol–water partition coefficient (Wildman–Crippen LogP) is 2.88. The fourth-order valence-electron chi connectivity index (χ4n) is 4.19. The number of aliphatic carboxylic acids is 1. The van der Waals surface area contributed by atoms with Gasteiger partial charge in [-0.3, -0.25) is 19.5 Å².